The van der Waals surface area contributed by atoms with Gasteiger partial charge in [-0.2, -0.15) is 0 Å². The first kappa shape index (κ1) is 17.1. The molecule has 3 aliphatic rings. The number of hydrogen-bond acceptors (Lipinski definition) is 0. The molecule has 3 saturated carbocycles. The Morgan fingerprint density at radius 2 is 1.70 bits per heavy atom. The van der Waals surface area contributed by atoms with Crippen LogP contribution in [0.3, 0.4) is 0 Å². The summed E-state index contributed by atoms with van der Waals surface area (Å²) in [5, 5.41) is 0. The van der Waals surface area contributed by atoms with Gasteiger partial charge in [-0.1, -0.05) is 63.1 Å². The Labute approximate surface area is 144 Å². The number of hydrogen-bond donors (Lipinski definition) is 0. The van der Waals surface area contributed by atoms with Crippen molar-refractivity contribution in [1.82, 2.24) is 0 Å². The molecule has 3 aliphatic carbocycles. The average molecular weight is 313 g/mol. The molecule has 128 valence electrons. The normalized spacial score (nSPS) is 39.9. The SMILES string of the molecule is C=C1[C@H](C)CC(=C/C=C2\CCC[C@@H]3[C@@H](C(C)C)CC[C@@H]23)C[C@H]1C. The minimum absolute atomic E-state index is 0.666. The lowest BCUT2D eigenvalue weighted by Gasteiger charge is -2.33. The Kier molecular flexibility index (Phi) is 5.19. The summed E-state index contributed by atoms with van der Waals surface area (Å²) in [6.45, 7) is 13.9. The summed E-state index contributed by atoms with van der Waals surface area (Å²) < 4.78 is 0. The predicted octanol–water partition coefficient (Wildman–Crippen LogP) is 6.94. The molecule has 5 atom stereocenters. The largest absolute Gasteiger partial charge is 0.0993 e. The second kappa shape index (κ2) is 6.99. The molecular weight excluding hydrogens is 276 g/mol. The maximum atomic E-state index is 4.29. The lowest BCUT2D eigenvalue weighted by atomic mass is 9.72. The quantitative estimate of drug-likeness (QED) is 0.484. The van der Waals surface area contributed by atoms with Crippen LogP contribution < -0.4 is 0 Å². The summed E-state index contributed by atoms with van der Waals surface area (Å²) in [6.07, 6.45) is 14.7. The Morgan fingerprint density at radius 1 is 1.00 bits per heavy atom. The van der Waals surface area contributed by atoms with Crippen LogP contribution in [-0.2, 0) is 0 Å². The van der Waals surface area contributed by atoms with E-state index in [2.05, 4.69) is 46.4 Å². The molecule has 0 saturated heterocycles. The van der Waals surface area contributed by atoms with E-state index in [1.54, 1.807) is 11.1 Å². The van der Waals surface area contributed by atoms with Crippen LogP contribution in [0.1, 0.15) is 72.6 Å². The summed E-state index contributed by atoms with van der Waals surface area (Å²) in [4.78, 5) is 0. The first-order valence-corrected chi connectivity index (χ1v) is 10.0. The van der Waals surface area contributed by atoms with Crippen LogP contribution in [0, 0.1) is 35.5 Å². The van der Waals surface area contributed by atoms with Crippen LogP contribution in [0.15, 0.2) is 35.5 Å². The Bertz CT molecular complexity index is 488. The monoisotopic (exact) mass is 312 g/mol. The van der Waals surface area contributed by atoms with Gasteiger partial charge in [0.15, 0.2) is 0 Å². The van der Waals surface area contributed by atoms with Gasteiger partial charge in [0.05, 0.1) is 0 Å². The molecule has 23 heavy (non-hydrogen) atoms. The van der Waals surface area contributed by atoms with E-state index in [0.29, 0.717) is 11.8 Å². The molecule has 3 rings (SSSR count). The molecule has 0 unspecified atom stereocenters. The van der Waals surface area contributed by atoms with Crippen LogP contribution >= 0.6 is 0 Å². The van der Waals surface area contributed by atoms with Crippen molar-refractivity contribution in [2.45, 2.75) is 72.6 Å². The van der Waals surface area contributed by atoms with Gasteiger partial charge in [0.25, 0.3) is 0 Å². The highest BCUT2D eigenvalue weighted by molar-refractivity contribution is 5.27. The topological polar surface area (TPSA) is 0 Å². The molecule has 0 spiro atoms. The van der Waals surface area contributed by atoms with E-state index in [1.165, 1.54) is 50.5 Å². The highest BCUT2D eigenvalue weighted by atomic mass is 14.5. The maximum Gasteiger partial charge on any atom is -0.0169 e. The Balaban J connectivity index is 1.72. The van der Waals surface area contributed by atoms with E-state index in [4.69, 9.17) is 0 Å². The van der Waals surface area contributed by atoms with Gasteiger partial charge in [0, 0.05) is 0 Å². The van der Waals surface area contributed by atoms with Crippen molar-refractivity contribution >= 4 is 0 Å². The Hall–Kier alpha value is -0.780. The van der Waals surface area contributed by atoms with Gasteiger partial charge < -0.3 is 0 Å². The second-order valence-electron chi connectivity index (χ2n) is 9.00. The minimum Gasteiger partial charge on any atom is -0.0993 e. The summed E-state index contributed by atoms with van der Waals surface area (Å²) in [6, 6.07) is 0. The van der Waals surface area contributed by atoms with E-state index in [-0.39, 0.29) is 0 Å². The van der Waals surface area contributed by atoms with Crippen LogP contribution in [-0.4, -0.2) is 0 Å². The molecule has 0 N–H and O–H groups in total. The number of rotatable bonds is 2. The van der Waals surface area contributed by atoms with Crippen molar-refractivity contribution in [2.24, 2.45) is 35.5 Å². The van der Waals surface area contributed by atoms with Crippen molar-refractivity contribution in [2.75, 3.05) is 0 Å². The fraction of sp³-hybridized carbons (Fsp3) is 0.739. The highest BCUT2D eigenvalue weighted by Crippen LogP contribution is 2.50. The molecule has 0 aliphatic heterocycles. The van der Waals surface area contributed by atoms with Crippen molar-refractivity contribution in [1.29, 1.82) is 0 Å². The standard InChI is InChI=1S/C23H36/c1-15(2)21-11-12-22-20(7-6-8-23(21)22)10-9-19-13-16(3)18(5)17(4)14-19/h9-10,15-17,21-23H,5-8,11-14H2,1-4H3/b20-10+/t16-,17-,21-,22+,23-/m1/s1. The average Bonchev–Trinajstić information content (AvgIpc) is 2.95. The molecule has 0 amide bonds. The molecule has 0 nitrogen and oxygen atoms in total. The fourth-order valence-corrected chi connectivity index (χ4v) is 5.71. The molecule has 0 heterocycles. The van der Waals surface area contributed by atoms with Crippen molar-refractivity contribution in [3.8, 4) is 0 Å². The zero-order chi connectivity index (χ0) is 16.6. The van der Waals surface area contributed by atoms with Gasteiger partial charge in [0.2, 0.25) is 0 Å². The summed E-state index contributed by atoms with van der Waals surface area (Å²) in [5.74, 6) is 5.07. The third-order valence-corrected chi connectivity index (χ3v) is 7.15. The first-order valence-electron chi connectivity index (χ1n) is 10.0. The zero-order valence-electron chi connectivity index (χ0n) is 15.8. The third kappa shape index (κ3) is 3.52. The Morgan fingerprint density at radius 3 is 2.35 bits per heavy atom. The van der Waals surface area contributed by atoms with E-state index in [9.17, 15) is 0 Å². The van der Waals surface area contributed by atoms with Gasteiger partial charge in [-0.25, -0.2) is 0 Å². The van der Waals surface area contributed by atoms with Gasteiger partial charge in [0.1, 0.15) is 0 Å². The zero-order valence-corrected chi connectivity index (χ0v) is 15.8. The second-order valence-corrected chi connectivity index (χ2v) is 9.00. The van der Waals surface area contributed by atoms with E-state index in [0.717, 1.165) is 23.7 Å². The molecule has 3 fully saturated rings. The molecule has 0 aromatic rings. The summed E-state index contributed by atoms with van der Waals surface area (Å²) >= 11 is 0. The van der Waals surface area contributed by atoms with Gasteiger partial charge >= 0.3 is 0 Å². The highest BCUT2D eigenvalue weighted by Gasteiger charge is 2.40. The van der Waals surface area contributed by atoms with E-state index >= 15 is 0 Å². The van der Waals surface area contributed by atoms with Crippen LogP contribution in [0.25, 0.3) is 0 Å². The van der Waals surface area contributed by atoms with E-state index < -0.39 is 0 Å². The maximum absolute atomic E-state index is 4.29. The number of allylic oxidation sites excluding steroid dienone is 5. The lowest BCUT2D eigenvalue weighted by Crippen LogP contribution is -2.24. The molecule has 0 aromatic carbocycles. The molecule has 0 heteroatoms. The predicted molar refractivity (Wildman–Crippen MR) is 101 cm³/mol. The van der Waals surface area contributed by atoms with Crippen molar-refractivity contribution in [3.63, 3.8) is 0 Å². The van der Waals surface area contributed by atoms with Gasteiger partial charge in [-0.05, 0) is 80.5 Å². The fourth-order valence-electron chi connectivity index (χ4n) is 5.71. The molecule has 0 aromatic heterocycles. The molecule has 0 bridgehead atoms. The number of fused-ring (bicyclic) bond motifs is 1. The van der Waals surface area contributed by atoms with Crippen molar-refractivity contribution < 1.29 is 0 Å². The van der Waals surface area contributed by atoms with E-state index in [1.807, 2.05) is 0 Å². The van der Waals surface area contributed by atoms with Crippen LogP contribution in [0.5, 0.6) is 0 Å². The molecular formula is C23H36. The minimum atomic E-state index is 0.666. The third-order valence-electron chi connectivity index (χ3n) is 7.15. The van der Waals surface area contributed by atoms with Gasteiger partial charge in [-0.3, -0.25) is 0 Å². The summed E-state index contributed by atoms with van der Waals surface area (Å²) in [7, 11) is 0. The smallest absolute Gasteiger partial charge is 0.0169 e. The first-order chi connectivity index (χ1) is 11.0. The van der Waals surface area contributed by atoms with Crippen LogP contribution in [0.2, 0.25) is 0 Å². The van der Waals surface area contributed by atoms with Crippen LogP contribution in [0.4, 0.5) is 0 Å². The summed E-state index contributed by atoms with van der Waals surface area (Å²) in [5.41, 5.74) is 4.90. The van der Waals surface area contributed by atoms with Crippen molar-refractivity contribution in [3.05, 3.63) is 35.5 Å². The van der Waals surface area contributed by atoms with Gasteiger partial charge in [-0.15, -0.1) is 0 Å². The molecule has 0 radical (unpaired) electrons. The lowest BCUT2D eigenvalue weighted by molar-refractivity contribution is 0.228.